The number of hydrogen-bond acceptors (Lipinski definition) is 6. The maximum Gasteiger partial charge on any atom is 0.347 e. The van der Waals surface area contributed by atoms with Crippen molar-refractivity contribution in [3.8, 4) is 0 Å². The Labute approximate surface area is 106 Å². The van der Waals surface area contributed by atoms with Gasteiger partial charge in [-0.2, -0.15) is 0 Å². The van der Waals surface area contributed by atoms with E-state index in [2.05, 4.69) is 4.74 Å². The summed E-state index contributed by atoms with van der Waals surface area (Å²) in [6.07, 6.45) is 0.359. The van der Waals surface area contributed by atoms with Gasteiger partial charge < -0.3 is 19.4 Å². The number of ether oxygens (including phenoxy) is 2. The van der Waals surface area contributed by atoms with Crippen LogP contribution in [0.1, 0.15) is 46.5 Å². The highest BCUT2D eigenvalue weighted by Crippen LogP contribution is 2.04. The second-order valence-electron chi connectivity index (χ2n) is 3.99. The molecule has 6 heteroatoms. The van der Waals surface area contributed by atoms with Crippen molar-refractivity contribution >= 4 is 17.9 Å². The highest BCUT2D eigenvalue weighted by Gasteiger charge is 2.21. The smallest absolute Gasteiger partial charge is 0.347 e. The average Bonchev–Trinajstić information content (AvgIpc) is 2.28. The van der Waals surface area contributed by atoms with Gasteiger partial charge in [-0.25, -0.2) is 4.79 Å². The fourth-order valence-electron chi connectivity index (χ4n) is 1.14. The Morgan fingerprint density at radius 2 is 1.67 bits per heavy atom. The Morgan fingerprint density at radius 1 is 1.06 bits per heavy atom. The maximum atomic E-state index is 11.3. The molecule has 0 aromatic rings. The maximum absolute atomic E-state index is 11.3. The quantitative estimate of drug-likeness (QED) is 0.456. The molecule has 18 heavy (non-hydrogen) atoms. The number of esters is 2. The molecule has 0 saturated heterocycles. The van der Waals surface area contributed by atoms with Crippen LogP contribution in [0.25, 0.3) is 0 Å². The predicted octanol–water partition coefficient (Wildman–Crippen LogP) is 0.180. The molecule has 6 nitrogen and oxygen atoms in total. The minimum absolute atomic E-state index is 0.238. The third-order valence-corrected chi connectivity index (χ3v) is 2.25. The Hall–Kier alpha value is -1.59. The van der Waals surface area contributed by atoms with Crippen LogP contribution in [0, 0.1) is 0 Å². The summed E-state index contributed by atoms with van der Waals surface area (Å²) in [7, 11) is 0. The molecule has 0 aliphatic rings. The zero-order chi connectivity index (χ0) is 14.1. The lowest BCUT2D eigenvalue weighted by molar-refractivity contribution is -0.315. The first kappa shape index (κ1) is 16.4. The minimum Gasteiger partial charge on any atom is -0.546 e. The molecule has 0 aliphatic heterocycles. The van der Waals surface area contributed by atoms with Gasteiger partial charge in [0.05, 0.1) is 5.97 Å². The lowest BCUT2D eigenvalue weighted by atomic mass is 10.2. The summed E-state index contributed by atoms with van der Waals surface area (Å²) < 4.78 is 9.33. The lowest BCUT2D eigenvalue weighted by Crippen LogP contribution is -2.39. The van der Waals surface area contributed by atoms with Gasteiger partial charge in [0.15, 0.2) is 6.10 Å². The van der Waals surface area contributed by atoms with Crippen molar-refractivity contribution in [2.45, 2.75) is 58.7 Å². The first-order valence-corrected chi connectivity index (χ1v) is 5.99. The van der Waals surface area contributed by atoms with Crippen LogP contribution < -0.4 is 5.11 Å². The molecular formula is C12H19O6-. The minimum atomic E-state index is -1.50. The molecule has 0 fully saturated rings. The Bertz CT molecular complexity index is 299. The second-order valence-corrected chi connectivity index (χ2v) is 3.99. The molecule has 0 bridgehead atoms. The van der Waals surface area contributed by atoms with Gasteiger partial charge in [-0.1, -0.05) is 19.8 Å². The molecule has 0 saturated carbocycles. The predicted molar refractivity (Wildman–Crippen MR) is 60.3 cm³/mol. The molecule has 2 atom stereocenters. The number of rotatable bonds is 8. The molecule has 0 aromatic carbocycles. The number of carboxylic acid groups (broad SMARTS) is 1. The Kier molecular flexibility index (Phi) is 7.74. The first-order chi connectivity index (χ1) is 8.38. The summed E-state index contributed by atoms with van der Waals surface area (Å²) in [4.78, 5) is 33.0. The van der Waals surface area contributed by atoms with Crippen LogP contribution in [0.2, 0.25) is 0 Å². The first-order valence-electron chi connectivity index (χ1n) is 5.99. The van der Waals surface area contributed by atoms with E-state index >= 15 is 0 Å². The van der Waals surface area contributed by atoms with Crippen LogP contribution in [0.5, 0.6) is 0 Å². The van der Waals surface area contributed by atoms with Gasteiger partial charge in [0, 0.05) is 6.42 Å². The molecule has 0 radical (unpaired) electrons. The highest BCUT2D eigenvalue weighted by molar-refractivity contribution is 5.81. The van der Waals surface area contributed by atoms with E-state index in [1.807, 2.05) is 6.92 Å². The summed E-state index contributed by atoms with van der Waals surface area (Å²) in [5, 5.41) is 10.4. The van der Waals surface area contributed by atoms with Crippen LogP contribution in [-0.4, -0.2) is 30.1 Å². The summed E-state index contributed by atoms with van der Waals surface area (Å²) >= 11 is 0. The van der Waals surface area contributed by atoms with E-state index in [-0.39, 0.29) is 6.42 Å². The van der Waals surface area contributed by atoms with Crippen LogP contribution in [0.3, 0.4) is 0 Å². The molecule has 0 spiro atoms. The van der Waals surface area contributed by atoms with Gasteiger partial charge in [0.2, 0.25) is 0 Å². The van der Waals surface area contributed by atoms with Gasteiger partial charge in [-0.3, -0.25) is 4.79 Å². The van der Waals surface area contributed by atoms with Gasteiger partial charge >= 0.3 is 11.9 Å². The van der Waals surface area contributed by atoms with E-state index in [1.54, 1.807) is 0 Å². The number of unbranched alkanes of at least 4 members (excludes halogenated alkanes) is 2. The van der Waals surface area contributed by atoms with E-state index in [0.29, 0.717) is 6.42 Å². The lowest BCUT2D eigenvalue weighted by Gasteiger charge is -2.17. The molecule has 0 N–H and O–H groups in total. The van der Waals surface area contributed by atoms with E-state index in [1.165, 1.54) is 13.8 Å². The van der Waals surface area contributed by atoms with Crippen LogP contribution >= 0.6 is 0 Å². The van der Waals surface area contributed by atoms with Crippen LogP contribution in [0.15, 0.2) is 0 Å². The highest BCUT2D eigenvalue weighted by atomic mass is 16.6. The van der Waals surface area contributed by atoms with E-state index in [9.17, 15) is 19.5 Å². The van der Waals surface area contributed by atoms with Crippen molar-refractivity contribution in [2.24, 2.45) is 0 Å². The fourth-order valence-corrected chi connectivity index (χ4v) is 1.14. The van der Waals surface area contributed by atoms with Crippen molar-refractivity contribution in [3.63, 3.8) is 0 Å². The van der Waals surface area contributed by atoms with Crippen molar-refractivity contribution in [3.05, 3.63) is 0 Å². The number of aliphatic carboxylic acids is 1. The van der Waals surface area contributed by atoms with Crippen LogP contribution in [-0.2, 0) is 23.9 Å². The van der Waals surface area contributed by atoms with Crippen molar-refractivity contribution in [2.75, 3.05) is 0 Å². The van der Waals surface area contributed by atoms with Crippen molar-refractivity contribution < 1.29 is 29.0 Å². The Morgan fingerprint density at radius 3 is 2.17 bits per heavy atom. The zero-order valence-electron chi connectivity index (χ0n) is 10.9. The normalized spacial score (nSPS) is 13.5. The molecule has 0 aromatic heterocycles. The molecular weight excluding hydrogens is 240 g/mol. The molecule has 0 rings (SSSR count). The largest absolute Gasteiger partial charge is 0.546 e. The van der Waals surface area contributed by atoms with Gasteiger partial charge in [0.1, 0.15) is 6.10 Å². The monoisotopic (exact) mass is 259 g/mol. The number of carbonyl (C=O) groups excluding carboxylic acids is 3. The third-order valence-electron chi connectivity index (χ3n) is 2.25. The number of carbonyl (C=O) groups is 3. The fraction of sp³-hybridized carbons (Fsp3) is 0.750. The molecule has 104 valence electrons. The molecule has 0 heterocycles. The zero-order valence-corrected chi connectivity index (χ0v) is 10.9. The number of hydrogen-bond donors (Lipinski definition) is 0. The summed E-state index contributed by atoms with van der Waals surface area (Å²) in [6.45, 7) is 4.51. The van der Waals surface area contributed by atoms with E-state index in [4.69, 9.17) is 4.74 Å². The van der Waals surface area contributed by atoms with Gasteiger partial charge in [0.25, 0.3) is 0 Å². The molecule has 0 amide bonds. The third kappa shape index (κ3) is 6.88. The average molecular weight is 259 g/mol. The van der Waals surface area contributed by atoms with E-state index in [0.717, 1.165) is 12.8 Å². The Balaban J connectivity index is 4.00. The topological polar surface area (TPSA) is 92.7 Å². The van der Waals surface area contributed by atoms with Crippen molar-refractivity contribution in [1.29, 1.82) is 0 Å². The summed E-state index contributed by atoms with van der Waals surface area (Å²) in [6, 6.07) is 0. The SMILES string of the molecule is CCCCCC(=O)OC(C)C(=O)OC(C)C(=O)[O-]. The second kappa shape index (κ2) is 8.49. The van der Waals surface area contributed by atoms with Crippen molar-refractivity contribution in [1.82, 2.24) is 0 Å². The summed E-state index contributed by atoms with van der Waals surface area (Å²) in [5.74, 6) is -2.88. The van der Waals surface area contributed by atoms with E-state index < -0.39 is 30.1 Å². The number of carboxylic acids is 1. The van der Waals surface area contributed by atoms with Gasteiger partial charge in [-0.15, -0.1) is 0 Å². The molecule has 0 aliphatic carbocycles. The molecule has 2 unspecified atom stereocenters. The standard InChI is InChI=1S/C12H20O6/c1-4-5-6-7-10(13)17-9(3)12(16)18-8(2)11(14)15/h8-9H,4-7H2,1-3H3,(H,14,15)/p-1. The van der Waals surface area contributed by atoms with Gasteiger partial charge in [-0.05, 0) is 20.3 Å². The van der Waals surface area contributed by atoms with Crippen LogP contribution in [0.4, 0.5) is 0 Å². The summed E-state index contributed by atoms with van der Waals surface area (Å²) in [5.41, 5.74) is 0.